The van der Waals surface area contributed by atoms with Crippen LogP contribution in [0, 0.1) is 5.41 Å². The van der Waals surface area contributed by atoms with Crippen molar-refractivity contribution in [3.8, 4) is 5.75 Å². The molecule has 1 aromatic carbocycles. The van der Waals surface area contributed by atoms with Gasteiger partial charge in [0.1, 0.15) is 27.9 Å². The summed E-state index contributed by atoms with van der Waals surface area (Å²) in [6.45, 7) is 19.1. The van der Waals surface area contributed by atoms with Crippen LogP contribution in [0.4, 0.5) is 24.6 Å². The molecule has 2 heterocycles. The monoisotopic (exact) mass is 889 g/mol. The van der Waals surface area contributed by atoms with Gasteiger partial charge in [0.15, 0.2) is 23.2 Å². The standard InChI is InChI=1S/C39H57FN3O13PS2/c1-36(2,3)31(44)58-23-17-16-22-50-57(49,56-25-18-14-13-15-19-25)51-24-26-29(52-35(48)55-39(10,11)12)28(40)30(59-26)42-21-20-27(41-32(42)45)43(33(46)53-37(4,5)6)34(47)54-38(7,8)9/h13-15,18-21,26,28-30H,16-17,22-24H2,1-12H3/t26-,28+,29-,30-,57?/m1/s1. The zero-order valence-electron chi connectivity index (χ0n) is 35.7. The van der Waals surface area contributed by atoms with Crippen molar-refractivity contribution < 1.29 is 60.7 Å². The fraction of sp³-hybridized carbons (Fsp3) is 0.641. The normalized spacial score (nSPS) is 19.6. The third kappa shape index (κ3) is 16.4. The summed E-state index contributed by atoms with van der Waals surface area (Å²) in [5, 5.41) is -2.49. The lowest BCUT2D eigenvalue weighted by atomic mass is 10.00. The van der Waals surface area contributed by atoms with Gasteiger partial charge in [-0.15, -0.1) is 11.8 Å². The highest BCUT2D eigenvalue weighted by Gasteiger charge is 2.50. The Morgan fingerprint density at radius 3 is 1.95 bits per heavy atom. The van der Waals surface area contributed by atoms with Gasteiger partial charge in [0.05, 0.1) is 18.5 Å². The molecule has 0 N–H and O–H groups in total. The maximum absolute atomic E-state index is 16.6. The largest absolute Gasteiger partial charge is 0.530 e. The fourth-order valence-electron chi connectivity index (χ4n) is 4.80. The van der Waals surface area contributed by atoms with Crippen molar-refractivity contribution in [2.75, 3.05) is 23.9 Å². The van der Waals surface area contributed by atoms with Crippen LogP contribution in [0.5, 0.6) is 5.75 Å². The number of nitrogens with zero attached hydrogens (tertiary/aromatic N) is 3. The summed E-state index contributed by atoms with van der Waals surface area (Å²) in [5.74, 6) is 0.222. The Morgan fingerprint density at radius 2 is 1.42 bits per heavy atom. The first-order valence-electron chi connectivity index (χ1n) is 18.9. The number of unbranched alkanes of at least 4 members (excludes halogenated alkanes) is 1. The topological polar surface area (TPSA) is 188 Å². The van der Waals surface area contributed by atoms with Gasteiger partial charge < -0.3 is 23.5 Å². The summed E-state index contributed by atoms with van der Waals surface area (Å²) >= 11 is 2.01. The number of para-hydroxylation sites is 1. The molecule has 1 unspecified atom stereocenters. The first kappa shape index (κ1) is 49.7. The summed E-state index contributed by atoms with van der Waals surface area (Å²) < 4.78 is 70.2. The molecule has 0 saturated carbocycles. The molecular formula is C39H57FN3O13PS2. The minimum atomic E-state index is -4.43. The Balaban J connectivity index is 1.91. The zero-order chi connectivity index (χ0) is 44.6. The number of imide groups is 1. The number of hydrogen-bond donors (Lipinski definition) is 0. The number of ether oxygens (including phenoxy) is 4. The van der Waals surface area contributed by atoms with Crippen LogP contribution >= 0.6 is 31.3 Å². The van der Waals surface area contributed by atoms with E-state index in [1.807, 2.05) is 20.8 Å². The molecule has 0 spiro atoms. The van der Waals surface area contributed by atoms with Crippen LogP contribution in [0.25, 0.3) is 0 Å². The third-order valence-electron chi connectivity index (χ3n) is 7.35. The van der Waals surface area contributed by atoms with Gasteiger partial charge in [0.25, 0.3) is 0 Å². The molecular weight excluding hydrogens is 833 g/mol. The molecule has 330 valence electrons. The van der Waals surface area contributed by atoms with Crippen molar-refractivity contribution in [2.24, 2.45) is 5.41 Å². The number of phosphoric acid groups is 1. The summed E-state index contributed by atoms with van der Waals surface area (Å²) in [6, 6.07) is 9.23. The number of rotatable bonds is 14. The number of phosphoric ester groups is 1. The van der Waals surface area contributed by atoms with Crippen LogP contribution in [0.1, 0.15) is 101 Å². The van der Waals surface area contributed by atoms with Gasteiger partial charge in [-0.05, 0) is 93.4 Å². The Kier molecular flexibility index (Phi) is 17.1. The highest BCUT2D eigenvalue weighted by Crippen LogP contribution is 2.52. The first-order valence-corrected chi connectivity index (χ1v) is 22.3. The van der Waals surface area contributed by atoms with E-state index in [2.05, 4.69) is 4.98 Å². The fourth-order valence-corrected chi connectivity index (χ4v) is 8.59. The first-order chi connectivity index (χ1) is 27.1. The lowest BCUT2D eigenvalue weighted by Gasteiger charge is -2.28. The third-order valence-corrected chi connectivity index (χ3v) is 11.6. The quantitative estimate of drug-likeness (QED) is 0.0754. The highest BCUT2D eigenvalue weighted by atomic mass is 32.2. The smallest absolute Gasteiger partial charge is 0.443 e. The van der Waals surface area contributed by atoms with Gasteiger partial charge in [-0.2, -0.15) is 9.88 Å². The van der Waals surface area contributed by atoms with Gasteiger partial charge in [-0.1, -0.05) is 50.7 Å². The predicted octanol–water partition coefficient (Wildman–Crippen LogP) is 9.50. The van der Waals surface area contributed by atoms with Crippen LogP contribution in [0.15, 0.2) is 47.4 Å². The Hall–Kier alpha value is -3.64. The molecule has 0 aliphatic carbocycles. The van der Waals surface area contributed by atoms with Crippen molar-refractivity contribution in [2.45, 2.75) is 136 Å². The average Bonchev–Trinajstić information content (AvgIpc) is 3.36. The van der Waals surface area contributed by atoms with E-state index in [0.29, 0.717) is 23.5 Å². The second kappa shape index (κ2) is 20.3. The number of amides is 2. The van der Waals surface area contributed by atoms with Crippen molar-refractivity contribution >= 4 is 60.6 Å². The molecule has 2 aromatic rings. The van der Waals surface area contributed by atoms with E-state index in [4.69, 9.17) is 32.5 Å². The molecule has 1 aromatic heterocycles. The molecule has 1 fully saturated rings. The van der Waals surface area contributed by atoms with Crippen LogP contribution in [-0.4, -0.2) is 86.3 Å². The number of aromatic nitrogens is 2. The number of thioether (sulfide) groups is 2. The van der Waals surface area contributed by atoms with E-state index < -0.39 is 89.4 Å². The molecule has 3 rings (SSSR count). The molecule has 5 atom stereocenters. The Morgan fingerprint density at radius 1 is 0.847 bits per heavy atom. The number of carbonyl (C=O) groups excluding carboxylic acids is 4. The summed E-state index contributed by atoms with van der Waals surface area (Å²) in [5.41, 5.74) is -4.66. The van der Waals surface area contributed by atoms with E-state index in [1.165, 1.54) is 23.9 Å². The number of carbonyl (C=O) groups is 4. The van der Waals surface area contributed by atoms with E-state index in [0.717, 1.165) is 28.6 Å². The molecule has 1 saturated heterocycles. The molecule has 59 heavy (non-hydrogen) atoms. The van der Waals surface area contributed by atoms with Crippen LogP contribution in [0.3, 0.4) is 0 Å². The van der Waals surface area contributed by atoms with Crippen LogP contribution < -0.4 is 15.1 Å². The summed E-state index contributed by atoms with van der Waals surface area (Å²) in [7, 11) is -4.43. The number of hydrogen-bond acceptors (Lipinski definition) is 16. The molecule has 1 aliphatic heterocycles. The predicted molar refractivity (Wildman–Crippen MR) is 223 cm³/mol. The van der Waals surface area contributed by atoms with Gasteiger partial charge in [-0.3, -0.25) is 18.4 Å². The van der Waals surface area contributed by atoms with E-state index in [-0.39, 0.29) is 17.5 Å². The van der Waals surface area contributed by atoms with Crippen molar-refractivity contribution in [3.63, 3.8) is 0 Å². The number of anilines is 1. The molecule has 1 aliphatic rings. The molecule has 0 radical (unpaired) electrons. The second-order valence-electron chi connectivity index (χ2n) is 17.4. The lowest BCUT2D eigenvalue weighted by Crippen LogP contribution is -2.45. The maximum atomic E-state index is 16.6. The second-order valence-corrected chi connectivity index (χ2v) is 21.4. The zero-order valence-corrected chi connectivity index (χ0v) is 38.2. The lowest BCUT2D eigenvalue weighted by molar-refractivity contribution is -0.117. The maximum Gasteiger partial charge on any atom is 0.530 e. The molecule has 16 nitrogen and oxygen atoms in total. The van der Waals surface area contributed by atoms with Crippen molar-refractivity contribution in [1.82, 2.24) is 9.55 Å². The molecule has 2 amide bonds. The Bertz CT molecular complexity index is 1850. The number of halogens is 1. The van der Waals surface area contributed by atoms with Gasteiger partial charge in [0, 0.05) is 17.4 Å². The van der Waals surface area contributed by atoms with Crippen LogP contribution in [-0.2, 0) is 37.4 Å². The highest BCUT2D eigenvalue weighted by molar-refractivity contribution is 8.13. The average molecular weight is 890 g/mol. The number of alkyl halides is 1. The van der Waals surface area contributed by atoms with Gasteiger partial charge >= 0.3 is 31.9 Å². The van der Waals surface area contributed by atoms with E-state index in [9.17, 15) is 28.5 Å². The minimum absolute atomic E-state index is 0.0408. The number of benzene rings is 1. The van der Waals surface area contributed by atoms with E-state index >= 15 is 4.39 Å². The van der Waals surface area contributed by atoms with Crippen LogP contribution in [0.2, 0.25) is 0 Å². The Labute approximate surface area is 353 Å². The molecule has 20 heteroatoms. The van der Waals surface area contributed by atoms with E-state index in [1.54, 1.807) is 80.5 Å². The summed E-state index contributed by atoms with van der Waals surface area (Å²) in [6.07, 6.45) is -5.18. The van der Waals surface area contributed by atoms with Gasteiger partial charge in [-0.25, -0.2) is 28.1 Å². The summed E-state index contributed by atoms with van der Waals surface area (Å²) in [4.78, 5) is 69.4. The SMILES string of the molecule is CC(C)(C)OC(=O)O[C@H]1[C@H](F)[C@H](n2ccc(N(C(=O)OC(C)(C)C)C(=O)OC(C)(C)C)nc2=O)S[C@@H]1COP(=O)(OCCCCSC(=O)C(C)(C)C)Oc1ccccc1. The van der Waals surface area contributed by atoms with Crippen molar-refractivity contribution in [3.05, 3.63) is 53.1 Å². The molecule has 0 bridgehead atoms. The van der Waals surface area contributed by atoms with Crippen molar-refractivity contribution in [1.29, 1.82) is 0 Å². The van der Waals surface area contributed by atoms with Gasteiger partial charge in [0.2, 0.25) is 0 Å². The minimum Gasteiger partial charge on any atom is -0.443 e.